The lowest BCUT2D eigenvalue weighted by atomic mass is 9.98. The molecule has 1 aromatic carbocycles. The third-order valence-corrected chi connectivity index (χ3v) is 5.82. The highest BCUT2D eigenvalue weighted by atomic mass is 35.5. The van der Waals surface area contributed by atoms with E-state index in [0.717, 1.165) is 25.9 Å². The fraction of sp³-hybridized carbons (Fsp3) is 0.571. The fourth-order valence-electron chi connectivity index (χ4n) is 2.48. The molecule has 2 rings (SSSR count). The largest absolute Gasteiger partial charge is 0.317 e. The second-order valence-corrected chi connectivity index (χ2v) is 7.49. The molecule has 1 N–H and O–H groups in total. The Hall–Kier alpha value is -0.620. The highest BCUT2D eigenvalue weighted by Gasteiger charge is 2.29. The Labute approximate surface area is 126 Å². The number of hydrogen-bond acceptors (Lipinski definition) is 3. The van der Waals surface area contributed by atoms with E-state index in [1.165, 1.54) is 6.07 Å². The van der Waals surface area contributed by atoms with Crippen LogP contribution < -0.4 is 5.32 Å². The lowest BCUT2D eigenvalue weighted by Gasteiger charge is -2.31. The summed E-state index contributed by atoms with van der Waals surface area (Å²) in [6.45, 7) is 5.19. The molecule has 1 aliphatic rings. The van der Waals surface area contributed by atoms with Gasteiger partial charge in [-0.15, -0.1) is 0 Å². The molecule has 4 nitrogen and oxygen atoms in total. The standard InChI is InChI=1S/C14H21ClN2O2S/c1-2-16-11-12-6-8-17(9-7-12)20(18,19)14-5-3-4-13(15)10-14/h3-5,10,12,16H,2,6-9,11H2,1H3. The van der Waals surface area contributed by atoms with E-state index < -0.39 is 10.0 Å². The molecular weight excluding hydrogens is 296 g/mol. The van der Waals surface area contributed by atoms with Crippen molar-refractivity contribution in [3.63, 3.8) is 0 Å². The normalized spacial score (nSPS) is 18.3. The molecular formula is C14H21ClN2O2S. The Balaban J connectivity index is 2.02. The van der Waals surface area contributed by atoms with Crippen LogP contribution in [0.4, 0.5) is 0 Å². The topological polar surface area (TPSA) is 49.4 Å². The number of nitrogens with zero attached hydrogens (tertiary/aromatic N) is 1. The quantitative estimate of drug-likeness (QED) is 0.907. The van der Waals surface area contributed by atoms with Gasteiger partial charge in [-0.3, -0.25) is 0 Å². The number of benzene rings is 1. The highest BCUT2D eigenvalue weighted by molar-refractivity contribution is 7.89. The van der Waals surface area contributed by atoms with Crippen LogP contribution in [0.5, 0.6) is 0 Å². The van der Waals surface area contributed by atoms with Crippen molar-refractivity contribution < 1.29 is 8.42 Å². The first-order valence-corrected chi connectivity index (χ1v) is 8.82. The molecule has 1 aliphatic heterocycles. The summed E-state index contributed by atoms with van der Waals surface area (Å²) in [6.07, 6.45) is 1.82. The van der Waals surface area contributed by atoms with Gasteiger partial charge in [-0.2, -0.15) is 4.31 Å². The van der Waals surface area contributed by atoms with Crippen molar-refractivity contribution in [1.82, 2.24) is 9.62 Å². The van der Waals surface area contributed by atoms with Gasteiger partial charge in [0, 0.05) is 18.1 Å². The average Bonchev–Trinajstić information content (AvgIpc) is 2.45. The number of hydrogen-bond donors (Lipinski definition) is 1. The zero-order chi connectivity index (χ0) is 14.6. The van der Waals surface area contributed by atoms with Gasteiger partial charge in [-0.05, 0) is 50.0 Å². The Morgan fingerprint density at radius 1 is 1.35 bits per heavy atom. The molecule has 0 bridgehead atoms. The van der Waals surface area contributed by atoms with Gasteiger partial charge >= 0.3 is 0 Å². The lowest BCUT2D eigenvalue weighted by Crippen LogP contribution is -2.40. The van der Waals surface area contributed by atoms with Crippen LogP contribution in [0.3, 0.4) is 0 Å². The molecule has 1 aromatic rings. The monoisotopic (exact) mass is 316 g/mol. The summed E-state index contributed by atoms with van der Waals surface area (Å²) < 4.78 is 26.6. The van der Waals surface area contributed by atoms with Gasteiger partial charge in [0.05, 0.1) is 4.90 Å². The minimum Gasteiger partial charge on any atom is -0.317 e. The van der Waals surface area contributed by atoms with Gasteiger partial charge in [-0.1, -0.05) is 24.6 Å². The van der Waals surface area contributed by atoms with Crippen LogP contribution in [0, 0.1) is 5.92 Å². The first kappa shape index (κ1) is 15.8. The minimum absolute atomic E-state index is 0.287. The number of sulfonamides is 1. The van der Waals surface area contributed by atoms with E-state index in [0.29, 0.717) is 24.0 Å². The number of piperidine rings is 1. The van der Waals surface area contributed by atoms with E-state index in [2.05, 4.69) is 12.2 Å². The van der Waals surface area contributed by atoms with Crippen LogP contribution in [0.15, 0.2) is 29.2 Å². The molecule has 0 saturated carbocycles. The molecule has 1 heterocycles. The molecule has 0 spiro atoms. The molecule has 0 amide bonds. The molecule has 0 atom stereocenters. The predicted octanol–water partition coefficient (Wildman–Crippen LogP) is 2.35. The third kappa shape index (κ3) is 3.73. The van der Waals surface area contributed by atoms with Crippen LogP contribution in [0.2, 0.25) is 5.02 Å². The van der Waals surface area contributed by atoms with E-state index in [1.807, 2.05) is 0 Å². The predicted molar refractivity (Wildman–Crippen MR) is 81.5 cm³/mol. The molecule has 0 aliphatic carbocycles. The van der Waals surface area contributed by atoms with Crippen LogP contribution >= 0.6 is 11.6 Å². The second kappa shape index (κ2) is 6.89. The van der Waals surface area contributed by atoms with Crippen molar-refractivity contribution in [2.75, 3.05) is 26.2 Å². The fourth-order valence-corrected chi connectivity index (χ4v) is 4.25. The molecule has 1 fully saturated rings. The summed E-state index contributed by atoms with van der Waals surface area (Å²) in [6, 6.07) is 6.48. The number of nitrogens with one attached hydrogen (secondary N) is 1. The van der Waals surface area contributed by atoms with E-state index in [1.54, 1.807) is 22.5 Å². The molecule has 6 heteroatoms. The van der Waals surface area contributed by atoms with Gasteiger partial charge < -0.3 is 5.32 Å². The SMILES string of the molecule is CCNCC1CCN(S(=O)(=O)c2cccc(Cl)c2)CC1. The number of halogens is 1. The van der Waals surface area contributed by atoms with Crippen LogP contribution in [-0.4, -0.2) is 38.9 Å². The maximum Gasteiger partial charge on any atom is 0.243 e. The molecule has 20 heavy (non-hydrogen) atoms. The van der Waals surface area contributed by atoms with Gasteiger partial charge in [0.15, 0.2) is 0 Å². The van der Waals surface area contributed by atoms with Crippen molar-refractivity contribution in [3.05, 3.63) is 29.3 Å². The van der Waals surface area contributed by atoms with E-state index in [4.69, 9.17) is 11.6 Å². The minimum atomic E-state index is -3.40. The Morgan fingerprint density at radius 3 is 2.65 bits per heavy atom. The first-order chi connectivity index (χ1) is 9.54. The van der Waals surface area contributed by atoms with Gasteiger partial charge in [0.2, 0.25) is 10.0 Å². The Kier molecular flexibility index (Phi) is 5.43. The maximum absolute atomic E-state index is 12.5. The molecule has 112 valence electrons. The lowest BCUT2D eigenvalue weighted by molar-refractivity contribution is 0.268. The summed E-state index contributed by atoms with van der Waals surface area (Å²) in [5, 5.41) is 3.78. The molecule has 0 aromatic heterocycles. The van der Waals surface area contributed by atoms with Crippen molar-refractivity contribution in [2.24, 2.45) is 5.92 Å². The van der Waals surface area contributed by atoms with Crippen LogP contribution in [0.1, 0.15) is 19.8 Å². The summed E-state index contributed by atoms with van der Waals surface area (Å²) >= 11 is 5.88. The summed E-state index contributed by atoms with van der Waals surface area (Å²) in [7, 11) is -3.40. The Morgan fingerprint density at radius 2 is 2.05 bits per heavy atom. The van der Waals surface area contributed by atoms with Gasteiger partial charge in [-0.25, -0.2) is 8.42 Å². The van der Waals surface area contributed by atoms with Crippen molar-refractivity contribution >= 4 is 21.6 Å². The Bertz CT molecular complexity index is 540. The van der Waals surface area contributed by atoms with Gasteiger partial charge in [0.1, 0.15) is 0 Å². The first-order valence-electron chi connectivity index (χ1n) is 7.00. The van der Waals surface area contributed by atoms with Crippen molar-refractivity contribution in [1.29, 1.82) is 0 Å². The smallest absolute Gasteiger partial charge is 0.243 e. The van der Waals surface area contributed by atoms with Crippen LogP contribution in [-0.2, 0) is 10.0 Å². The molecule has 1 saturated heterocycles. The van der Waals surface area contributed by atoms with Gasteiger partial charge in [0.25, 0.3) is 0 Å². The van der Waals surface area contributed by atoms with Crippen molar-refractivity contribution in [2.45, 2.75) is 24.7 Å². The number of rotatable bonds is 5. The molecule has 0 radical (unpaired) electrons. The van der Waals surface area contributed by atoms with Crippen molar-refractivity contribution in [3.8, 4) is 0 Å². The average molecular weight is 317 g/mol. The highest BCUT2D eigenvalue weighted by Crippen LogP contribution is 2.24. The second-order valence-electron chi connectivity index (χ2n) is 5.11. The molecule has 0 unspecified atom stereocenters. The summed E-state index contributed by atoms with van der Waals surface area (Å²) in [5.41, 5.74) is 0. The van der Waals surface area contributed by atoms with E-state index in [-0.39, 0.29) is 4.90 Å². The summed E-state index contributed by atoms with van der Waals surface area (Å²) in [5.74, 6) is 0.570. The summed E-state index contributed by atoms with van der Waals surface area (Å²) in [4.78, 5) is 0.287. The van der Waals surface area contributed by atoms with E-state index in [9.17, 15) is 8.42 Å². The zero-order valence-corrected chi connectivity index (χ0v) is 13.3. The maximum atomic E-state index is 12.5. The zero-order valence-electron chi connectivity index (χ0n) is 11.7. The third-order valence-electron chi connectivity index (χ3n) is 3.69. The van der Waals surface area contributed by atoms with Crippen LogP contribution in [0.25, 0.3) is 0 Å². The van der Waals surface area contributed by atoms with E-state index >= 15 is 0 Å².